The first-order valence-corrected chi connectivity index (χ1v) is 10.4. The Kier molecular flexibility index (Phi) is 8.14. The van der Waals surface area contributed by atoms with E-state index in [1.54, 1.807) is 13.0 Å². The van der Waals surface area contributed by atoms with E-state index >= 15 is 0 Å². The van der Waals surface area contributed by atoms with Crippen molar-refractivity contribution in [3.05, 3.63) is 58.2 Å². The standard InChI is InChI=1S/C22H25BrN2O3.ClH/c1-4-24(5-2)14-19-21(22(27)28-6-3)16-12-20(26)17(23)13-18(16)25(19)15-10-8-7-9-11-15;/h7-13,26H,4-6,14H2,1-3H3;1H. The van der Waals surface area contributed by atoms with E-state index in [0.717, 1.165) is 30.0 Å². The van der Waals surface area contributed by atoms with E-state index in [2.05, 4.69) is 34.3 Å². The molecular formula is C22H26BrClN2O3. The molecule has 0 amide bonds. The van der Waals surface area contributed by atoms with Gasteiger partial charge in [-0.1, -0.05) is 18.2 Å². The molecule has 0 spiro atoms. The molecule has 2 aromatic carbocycles. The number of phenols is 1. The molecule has 156 valence electrons. The third kappa shape index (κ3) is 4.60. The number of fused-ring (bicyclic) bond motifs is 1. The molecule has 0 aliphatic rings. The number of nitrogens with one attached hydrogen (secondary N) is 1. The second-order valence-corrected chi connectivity index (χ2v) is 7.52. The number of aromatic nitrogens is 1. The maximum absolute atomic E-state index is 12.9. The van der Waals surface area contributed by atoms with Crippen LogP contribution in [0, 0.1) is 0 Å². The molecule has 1 aromatic heterocycles. The number of phenolic OH excluding ortho intramolecular Hbond substituents is 1. The molecule has 2 N–H and O–H groups in total. The van der Waals surface area contributed by atoms with Crippen molar-refractivity contribution in [2.24, 2.45) is 0 Å². The number of para-hydroxylation sites is 1. The lowest BCUT2D eigenvalue weighted by Gasteiger charge is -2.18. The Morgan fingerprint density at radius 3 is 2.38 bits per heavy atom. The van der Waals surface area contributed by atoms with Crippen LogP contribution in [0.5, 0.6) is 5.75 Å². The van der Waals surface area contributed by atoms with Gasteiger partial charge in [-0.15, -0.1) is 0 Å². The van der Waals surface area contributed by atoms with Crippen molar-refractivity contribution in [2.75, 3.05) is 19.7 Å². The Morgan fingerprint density at radius 2 is 1.79 bits per heavy atom. The van der Waals surface area contributed by atoms with Crippen LogP contribution in [0.15, 0.2) is 46.9 Å². The highest BCUT2D eigenvalue weighted by Gasteiger charge is 2.27. The molecule has 7 heteroatoms. The lowest BCUT2D eigenvalue weighted by molar-refractivity contribution is -0.910. The highest BCUT2D eigenvalue weighted by Crippen LogP contribution is 2.36. The maximum atomic E-state index is 12.9. The number of nitrogens with zero attached hydrogens (tertiary/aromatic N) is 1. The quantitative estimate of drug-likeness (QED) is 0.489. The average molecular weight is 482 g/mol. The van der Waals surface area contributed by atoms with E-state index in [1.165, 1.54) is 4.90 Å². The van der Waals surface area contributed by atoms with Crippen LogP contribution in [0.25, 0.3) is 16.6 Å². The van der Waals surface area contributed by atoms with Crippen LogP contribution in [0.1, 0.15) is 36.8 Å². The monoisotopic (exact) mass is 480 g/mol. The molecule has 3 rings (SSSR count). The number of esters is 1. The molecule has 3 aromatic rings. The van der Waals surface area contributed by atoms with E-state index in [4.69, 9.17) is 4.74 Å². The highest BCUT2D eigenvalue weighted by molar-refractivity contribution is 9.10. The second-order valence-electron chi connectivity index (χ2n) is 6.67. The fraction of sp³-hybridized carbons (Fsp3) is 0.318. The third-order valence-corrected chi connectivity index (χ3v) is 5.68. The van der Waals surface area contributed by atoms with Crippen molar-refractivity contribution < 1.29 is 31.9 Å². The zero-order chi connectivity index (χ0) is 20.3. The molecule has 29 heavy (non-hydrogen) atoms. The smallest absolute Gasteiger partial charge is 0.340 e. The van der Waals surface area contributed by atoms with Gasteiger partial charge >= 0.3 is 5.97 Å². The van der Waals surface area contributed by atoms with Gasteiger partial charge in [-0.25, -0.2) is 4.79 Å². The average Bonchev–Trinajstić information content (AvgIpc) is 3.00. The molecule has 5 nitrogen and oxygen atoms in total. The minimum atomic E-state index is -0.356. The number of benzene rings is 2. The van der Waals surface area contributed by atoms with Gasteiger partial charge < -0.3 is 31.7 Å². The van der Waals surface area contributed by atoms with Gasteiger partial charge in [0.05, 0.1) is 40.9 Å². The van der Waals surface area contributed by atoms with Crippen LogP contribution in [0.4, 0.5) is 0 Å². The molecule has 0 aliphatic carbocycles. The molecule has 0 radical (unpaired) electrons. The van der Waals surface area contributed by atoms with Crippen LogP contribution in [0.3, 0.4) is 0 Å². The Balaban J connectivity index is 0.00000300. The maximum Gasteiger partial charge on any atom is 0.340 e. The first kappa shape index (κ1) is 23.3. The van der Waals surface area contributed by atoms with E-state index in [9.17, 15) is 9.90 Å². The number of rotatable bonds is 7. The van der Waals surface area contributed by atoms with Gasteiger partial charge in [-0.3, -0.25) is 0 Å². The van der Waals surface area contributed by atoms with Crippen molar-refractivity contribution in [3.63, 3.8) is 0 Å². The predicted molar refractivity (Wildman–Crippen MR) is 114 cm³/mol. The SMILES string of the molecule is CCOC(=O)c1c(C[NH+](CC)CC)n(-c2ccccc2)c2cc(Br)c(O)cc12.[Cl-]. The van der Waals surface area contributed by atoms with E-state index in [-0.39, 0.29) is 24.1 Å². The van der Waals surface area contributed by atoms with E-state index < -0.39 is 0 Å². The topological polar surface area (TPSA) is 55.9 Å². The second kappa shape index (κ2) is 10.1. The fourth-order valence-electron chi connectivity index (χ4n) is 3.56. The van der Waals surface area contributed by atoms with Gasteiger partial charge in [-0.2, -0.15) is 0 Å². The lowest BCUT2D eigenvalue weighted by atomic mass is 10.1. The number of halogens is 2. The summed E-state index contributed by atoms with van der Waals surface area (Å²) in [4.78, 5) is 14.3. The number of aromatic hydroxyl groups is 1. The lowest BCUT2D eigenvalue weighted by Crippen LogP contribution is -3.10. The Bertz CT molecular complexity index is 985. The van der Waals surface area contributed by atoms with Crippen LogP contribution in [-0.2, 0) is 11.3 Å². The zero-order valence-corrected chi connectivity index (χ0v) is 19.2. The molecule has 1 heterocycles. The van der Waals surface area contributed by atoms with Crippen molar-refractivity contribution in [2.45, 2.75) is 27.3 Å². The van der Waals surface area contributed by atoms with Crippen molar-refractivity contribution in [3.8, 4) is 11.4 Å². The van der Waals surface area contributed by atoms with Gasteiger partial charge in [0.1, 0.15) is 12.3 Å². The number of carbonyl (C=O) groups excluding carboxylic acids is 1. The molecule has 0 saturated carbocycles. The van der Waals surface area contributed by atoms with Crippen LogP contribution in [0.2, 0.25) is 0 Å². The number of quaternary nitrogens is 1. The minimum absolute atomic E-state index is 0. The van der Waals surface area contributed by atoms with Gasteiger partial charge in [-0.05, 0) is 61.0 Å². The van der Waals surface area contributed by atoms with Crippen LogP contribution >= 0.6 is 15.9 Å². The number of hydrogen-bond donors (Lipinski definition) is 2. The Labute approximate surface area is 185 Å². The Morgan fingerprint density at radius 1 is 1.14 bits per heavy atom. The molecule has 0 aliphatic heterocycles. The summed E-state index contributed by atoms with van der Waals surface area (Å²) in [6.45, 7) is 8.97. The summed E-state index contributed by atoms with van der Waals surface area (Å²) in [5.74, 6) is -0.254. The van der Waals surface area contributed by atoms with E-state index in [1.807, 2.05) is 36.4 Å². The Hall–Kier alpha value is -2.02. The van der Waals surface area contributed by atoms with Crippen molar-refractivity contribution in [1.82, 2.24) is 4.57 Å². The summed E-state index contributed by atoms with van der Waals surface area (Å²) >= 11 is 3.42. The normalized spacial score (nSPS) is 10.9. The summed E-state index contributed by atoms with van der Waals surface area (Å²) in [7, 11) is 0. The van der Waals surface area contributed by atoms with E-state index in [0.29, 0.717) is 28.6 Å². The summed E-state index contributed by atoms with van der Waals surface area (Å²) in [5.41, 5.74) is 3.27. The summed E-state index contributed by atoms with van der Waals surface area (Å²) < 4.78 is 8.09. The first-order valence-electron chi connectivity index (χ1n) is 9.63. The van der Waals surface area contributed by atoms with Gasteiger partial charge in [0, 0.05) is 11.1 Å². The predicted octanol–water partition coefficient (Wildman–Crippen LogP) is 0.704. The largest absolute Gasteiger partial charge is 1.00 e. The molecular weight excluding hydrogens is 456 g/mol. The number of carbonyl (C=O) groups is 1. The van der Waals surface area contributed by atoms with Gasteiger partial charge in [0.2, 0.25) is 0 Å². The molecule has 0 atom stereocenters. The summed E-state index contributed by atoms with van der Waals surface area (Å²) in [6.07, 6.45) is 0. The number of ether oxygens (including phenoxy) is 1. The summed E-state index contributed by atoms with van der Waals surface area (Å²) in [5, 5.41) is 11.0. The molecule has 0 saturated heterocycles. The molecule has 0 unspecified atom stereocenters. The van der Waals surface area contributed by atoms with Gasteiger partial charge in [0.15, 0.2) is 0 Å². The minimum Gasteiger partial charge on any atom is -1.00 e. The molecule has 0 fully saturated rings. The van der Waals surface area contributed by atoms with Crippen LogP contribution < -0.4 is 17.3 Å². The number of hydrogen-bond acceptors (Lipinski definition) is 3. The third-order valence-electron chi connectivity index (χ3n) is 5.05. The van der Waals surface area contributed by atoms with Crippen molar-refractivity contribution in [1.29, 1.82) is 0 Å². The summed E-state index contributed by atoms with van der Waals surface area (Å²) in [6, 6.07) is 13.5. The van der Waals surface area contributed by atoms with Crippen LogP contribution in [-0.4, -0.2) is 35.3 Å². The van der Waals surface area contributed by atoms with Gasteiger partial charge in [0.25, 0.3) is 0 Å². The van der Waals surface area contributed by atoms with Crippen molar-refractivity contribution >= 4 is 32.8 Å². The first-order chi connectivity index (χ1) is 13.5. The zero-order valence-electron chi connectivity index (χ0n) is 16.8. The highest BCUT2D eigenvalue weighted by atomic mass is 79.9. The molecule has 0 bridgehead atoms. The fourth-order valence-corrected chi connectivity index (χ4v) is 3.89.